The summed E-state index contributed by atoms with van der Waals surface area (Å²) in [6.45, 7) is 3.02. The minimum atomic E-state index is -0.293. The molecule has 32 heavy (non-hydrogen) atoms. The van der Waals surface area contributed by atoms with Gasteiger partial charge in [0.2, 0.25) is 0 Å². The Bertz CT molecular complexity index is 933. The van der Waals surface area contributed by atoms with Crippen molar-refractivity contribution in [1.29, 1.82) is 0 Å². The van der Waals surface area contributed by atoms with Crippen LogP contribution < -0.4 is 0 Å². The molecule has 0 N–H and O–H groups in total. The summed E-state index contributed by atoms with van der Waals surface area (Å²) >= 11 is 0. The van der Waals surface area contributed by atoms with E-state index >= 15 is 0 Å². The number of rotatable bonds is 8. The summed E-state index contributed by atoms with van der Waals surface area (Å²) in [5, 5.41) is 0. The number of nitrogens with zero attached hydrogens (tertiary/aromatic N) is 1. The molecule has 0 spiro atoms. The third-order valence-electron chi connectivity index (χ3n) is 6.09. The van der Waals surface area contributed by atoms with Crippen molar-refractivity contribution in [3.8, 4) is 0 Å². The zero-order valence-corrected chi connectivity index (χ0v) is 18.7. The SMILES string of the molecule is COC(=O)c1ccc(CCN2CCCC(OC(c3ccccc3)c3ccccc3)C2)cc1. The lowest BCUT2D eigenvalue weighted by Gasteiger charge is -2.35. The average molecular weight is 430 g/mol. The molecule has 0 aliphatic carbocycles. The second-order valence-corrected chi connectivity index (χ2v) is 8.34. The van der Waals surface area contributed by atoms with E-state index in [1.165, 1.54) is 23.8 Å². The summed E-state index contributed by atoms with van der Waals surface area (Å²) in [5.74, 6) is -0.293. The van der Waals surface area contributed by atoms with Crippen molar-refractivity contribution >= 4 is 5.97 Å². The largest absolute Gasteiger partial charge is 0.465 e. The summed E-state index contributed by atoms with van der Waals surface area (Å²) in [4.78, 5) is 14.1. The van der Waals surface area contributed by atoms with E-state index < -0.39 is 0 Å². The topological polar surface area (TPSA) is 38.8 Å². The quantitative estimate of drug-likeness (QED) is 0.456. The van der Waals surface area contributed by atoms with Crippen molar-refractivity contribution in [2.45, 2.75) is 31.5 Å². The van der Waals surface area contributed by atoms with Gasteiger partial charge in [0.25, 0.3) is 0 Å². The summed E-state index contributed by atoms with van der Waals surface area (Å²) in [6, 6.07) is 28.7. The van der Waals surface area contributed by atoms with Gasteiger partial charge in [-0.3, -0.25) is 0 Å². The van der Waals surface area contributed by atoms with Gasteiger partial charge in [-0.05, 0) is 54.6 Å². The number of benzene rings is 3. The van der Waals surface area contributed by atoms with E-state index in [2.05, 4.69) is 53.4 Å². The molecule has 1 saturated heterocycles. The molecule has 1 aliphatic rings. The van der Waals surface area contributed by atoms with E-state index in [1.54, 1.807) is 0 Å². The van der Waals surface area contributed by atoms with Gasteiger partial charge < -0.3 is 14.4 Å². The predicted molar refractivity (Wildman–Crippen MR) is 127 cm³/mol. The lowest BCUT2D eigenvalue weighted by atomic mass is 10.00. The second kappa shape index (κ2) is 11.1. The summed E-state index contributed by atoms with van der Waals surface area (Å²) in [7, 11) is 1.41. The van der Waals surface area contributed by atoms with Crippen LogP contribution in [0.25, 0.3) is 0 Å². The Morgan fingerprint density at radius 2 is 1.56 bits per heavy atom. The van der Waals surface area contributed by atoms with Gasteiger partial charge >= 0.3 is 5.97 Å². The molecule has 3 aromatic rings. The Morgan fingerprint density at radius 1 is 0.938 bits per heavy atom. The second-order valence-electron chi connectivity index (χ2n) is 8.34. The molecule has 166 valence electrons. The summed E-state index contributed by atoms with van der Waals surface area (Å²) < 4.78 is 11.5. The fourth-order valence-electron chi connectivity index (χ4n) is 4.34. The smallest absolute Gasteiger partial charge is 0.337 e. The van der Waals surface area contributed by atoms with Crippen LogP contribution in [0.4, 0.5) is 0 Å². The van der Waals surface area contributed by atoms with Crippen molar-refractivity contribution in [2.75, 3.05) is 26.7 Å². The van der Waals surface area contributed by atoms with Gasteiger partial charge in [-0.15, -0.1) is 0 Å². The summed E-state index contributed by atoms with van der Waals surface area (Å²) in [6.07, 6.45) is 3.33. The molecule has 0 aromatic heterocycles. The highest BCUT2D eigenvalue weighted by Crippen LogP contribution is 2.29. The highest BCUT2D eigenvalue weighted by Gasteiger charge is 2.25. The first kappa shape index (κ1) is 22.3. The molecule has 0 bridgehead atoms. The van der Waals surface area contributed by atoms with Crippen molar-refractivity contribution in [1.82, 2.24) is 4.90 Å². The monoisotopic (exact) mass is 429 g/mol. The number of ether oxygens (including phenoxy) is 2. The van der Waals surface area contributed by atoms with E-state index in [1.807, 2.05) is 36.4 Å². The number of hydrogen-bond donors (Lipinski definition) is 0. The zero-order chi connectivity index (χ0) is 22.2. The molecule has 1 heterocycles. The fraction of sp³-hybridized carbons (Fsp3) is 0.321. The van der Waals surface area contributed by atoms with Gasteiger partial charge in [-0.2, -0.15) is 0 Å². The van der Waals surface area contributed by atoms with Gasteiger partial charge in [0.1, 0.15) is 6.10 Å². The third-order valence-corrected chi connectivity index (χ3v) is 6.09. The van der Waals surface area contributed by atoms with E-state index in [-0.39, 0.29) is 18.2 Å². The first-order valence-corrected chi connectivity index (χ1v) is 11.4. The van der Waals surface area contributed by atoms with Crippen molar-refractivity contribution in [3.63, 3.8) is 0 Å². The van der Waals surface area contributed by atoms with Gasteiger partial charge in [0.05, 0.1) is 18.8 Å². The molecule has 1 aliphatic heterocycles. The maximum Gasteiger partial charge on any atom is 0.337 e. The fourth-order valence-corrected chi connectivity index (χ4v) is 4.34. The molecule has 0 saturated carbocycles. The third kappa shape index (κ3) is 5.84. The van der Waals surface area contributed by atoms with Gasteiger partial charge in [0, 0.05) is 13.1 Å². The van der Waals surface area contributed by atoms with E-state index in [4.69, 9.17) is 9.47 Å². The first-order valence-electron chi connectivity index (χ1n) is 11.4. The zero-order valence-electron chi connectivity index (χ0n) is 18.7. The standard InChI is InChI=1S/C28H31NO3/c1-31-28(30)25-16-14-22(15-17-25)18-20-29-19-8-13-26(21-29)32-27(23-9-4-2-5-10-23)24-11-6-3-7-12-24/h2-7,9-12,14-17,26-27H,8,13,18-21H2,1H3. The highest BCUT2D eigenvalue weighted by atomic mass is 16.5. The first-order chi connectivity index (χ1) is 15.7. The van der Waals surface area contributed by atoms with Crippen LogP contribution in [-0.2, 0) is 15.9 Å². The Balaban J connectivity index is 1.37. The normalized spacial score (nSPS) is 16.8. The number of hydrogen-bond acceptors (Lipinski definition) is 4. The van der Waals surface area contributed by atoms with Crippen LogP contribution in [0.2, 0.25) is 0 Å². The van der Waals surface area contributed by atoms with Crippen LogP contribution in [0.1, 0.15) is 46.0 Å². The highest BCUT2D eigenvalue weighted by molar-refractivity contribution is 5.89. The van der Waals surface area contributed by atoms with Crippen molar-refractivity contribution in [2.24, 2.45) is 0 Å². The Hall–Kier alpha value is -2.95. The van der Waals surface area contributed by atoms with Crippen LogP contribution >= 0.6 is 0 Å². The molecule has 1 fully saturated rings. The number of esters is 1. The molecule has 3 aromatic carbocycles. The number of carbonyl (C=O) groups excluding carboxylic acids is 1. The Morgan fingerprint density at radius 3 is 2.16 bits per heavy atom. The van der Waals surface area contributed by atoms with Crippen LogP contribution in [-0.4, -0.2) is 43.7 Å². The Kier molecular flexibility index (Phi) is 7.70. The predicted octanol–water partition coefficient (Wildman–Crippen LogP) is 5.29. The summed E-state index contributed by atoms with van der Waals surface area (Å²) in [5.41, 5.74) is 4.21. The van der Waals surface area contributed by atoms with E-state index in [9.17, 15) is 4.79 Å². The molecule has 4 nitrogen and oxygen atoms in total. The molecule has 0 amide bonds. The number of piperidine rings is 1. The molecule has 1 atom stereocenters. The van der Waals surface area contributed by atoms with Crippen molar-refractivity contribution < 1.29 is 14.3 Å². The van der Waals surface area contributed by atoms with Gasteiger partial charge in [-0.25, -0.2) is 4.79 Å². The number of likely N-dealkylation sites (tertiary alicyclic amines) is 1. The lowest BCUT2D eigenvalue weighted by molar-refractivity contribution is -0.0330. The van der Waals surface area contributed by atoms with E-state index in [0.29, 0.717) is 5.56 Å². The molecular weight excluding hydrogens is 398 g/mol. The lowest BCUT2D eigenvalue weighted by Crippen LogP contribution is -2.41. The van der Waals surface area contributed by atoms with Gasteiger partial charge in [0.15, 0.2) is 0 Å². The minimum absolute atomic E-state index is 0.0479. The molecule has 0 radical (unpaired) electrons. The van der Waals surface area contributed by atoms with Crippen LogP contribution in [0.5, 0.6) is 0 Å². The maximum atomic E-state index is 11.6. The van der Waals surface area contributed by atoms with Crippen LogP contribution in [0.3, 0.4) is 0 Å². The molecule has 4 heteroatoms. The van der Waals surface area contributed by atoms with Gasteiger partial charge in [-0.1, -0.05) is 72.8 Å². The van der Waals surface area contributed by atoms with Crippen LogP contribution in [0, 0.1) is 0 Å². The Labute approximate surface area is 190 Å². The number of methoxy groups -OCH3 is 1. The molecular formula is C28H31NO3. The molecule has 1 unspecified atom stereocenters. The number of carbonyl (C=O) groups is 1. The minimum Gasteiger partial charge on any atom is -0.465 e. The average Bonchev–Trinajstić information content (AvgIpc) is 2.87. The van der Waals surface area contributed by atoms with E-state index in [0.717, 1.165) is 38.9 Å². The maximum absolute atomic E-state index is 11.6. The van der Waals surface area contributed by atoms with Crippen LogP contribution in [0.15, 0.2) is 84.9 Å². The van der Waals surface area contributed by atoms with Crippen molar-refractivity contribution in [3.05, 3.63) is 107 Å². The molecule has 4 rings (SSSR count).